The molecule has 3 heterocycles. The zero-order valence-electron chi connectivity index (χ0n) is 24.0. The monoisotopic (exact) mass is 596 g/mol. The molecule has 0 atom stereocenters. The maximum absolute atomic E-state index is 14.1. The van der Waals surface area contributed by atoms with Gasteiger partial charge in [-0.1, -0.05) is 12.1 Å². The summed E-state index contributed by atoms with van der Waals surface area (Å²) < 4.78 is 6.12. The number of nitrogens with one attached hydrogen (secondary N) is 2. The van der Waals surface area contributed by atoms with Crippen LogP contribution in [0.25, 0.3) is 21.6 Å². The summed E-state index contributed by atoms with van der Waals surface area (Å²) in [6, 6.07) is 12.4. The van der Waals surface area contributed by atoms with Crippen molar-refractivity contribution in [3.63, 3.8) is 0 Å². The topological polar surface area (TPSA) is 144 Å². The fourth-order valence-corrected chi connectivity index (χ4v) is 6.47. The quantitative estimate of drug-likeness (QED) is 0.208. The number of carboxylic acids is 1. The number of nitrogens with zero attached hydrogens (tertiary/aromatic N) is 1. The van der Waals surface area contributed by atoms with Crippen LogP contribution in [0.5, 0.6) is 5.75 Å². The second-order valence-corrected chi connectivity index (χ2v) is 12.0. The van der Waals surface area contributed by atoms with Crippen LogP contribution in [0.1, 0.15) is 66.4 Å². The minimum atomic E-state index is -1.31. The number of rotatable bonds is 8. The molecule has 1 saturated carbocycles. The van der Waals surface area contributed by atoms with E-state index in [0.717, 1.165) is 45.5 Å². The van der Waals surface area contributed by atoms with Crippen LogP contribution in [-0.4, -0.2) is 41.0 Å². The lowest BCUT2D eigenvalue weighted by atomic mass is 9.93. The Kier molecular flexibility index (Phi) is 7.72. The molecular weight excluding hydrogens is 564 g/mol. The number of fused-ring (bicyclic) bond motifs is 3. The van der Waals surface area contributed by atoms with Crippen LogP contribution in [-0.2, 0) is 13.0 Å². The maximum atomic E-state index is 14.1. The Morgan fingerprint density at radius 2 is 1.79 bits per heavy atom. The van der Waals surface area contributed by atoms with Gasteiger partial charge in [0.1, 0.15) is 11.4 Å². The number of anilines is 1. The number of thiophene rings is 1. The standard InChI is InChI=1S/C33H32N4O5S/c1-17-11-20(15-34)12-18(2)28(17)37-31(38)24-13-25-27(42-9-7-21-8-10-43-30(21)25)14-23(24)22-5-6-26(36-29(22)33(40)41)32(39)35-16-19-3-4-19/h5-6,8,10-14,19H,3-4,7,9,15-16,34H2,1-2H3,(H,35,39)(H,37,38)(H,40,41). The highest BCUT2D eigenvalue weighted by Gasteiger charge is 2.27. The third kappa shape index (κ3) is 5.76. The molecule has 9 nitrogen and oxygen atoms in total. The Labute approximate surface area is 253 Å². The fourth-order valence-electron chi connectivity index (χ4n) is 5.49. The number of nitrogens with two attached hydrogens (primary N) is 1. The van der Waals surface area contributed by atoms with E-state index in [4.69, 9.17) is 10.5 Å². The molecule has 10 heteroatoms. The first kappa shape index (κ1) is 28.6. The maximum Gasteiger partial charge on any atom is 0.355 e. The molecule has 6 rings (SSSR count). The number of benzene rings is 2. The number of pyridine rings is 1. The minimum Gasteiger partial charge on any atom is -0.493 e. The lowest BCUT2D eigenvalue weighted by Crippen LogP contribution is -2.27. The molecule has 43 heavy (non-hydrogen) atoms. The summed E-state index contributed by atoms with van der Waals surface area (Å²) in [5.41, 5.74) is 11.6. The molecule has 2 aromatic heterocycles. The Balaban J connectivity index is 1.48. The largest absolute Gasteiger partial charge is 0.493 e. The molecule has 0 spiro atoms. The number of aromatic nitrogens is 1. The van der Waals surface area contributed by atoms with E-state index in [9.17, 15) is 19.5 Å². The van der Waals surface area contributed by atoms with Gasteiger partial charge in [0.05, 0.1) is 6.61 Å². The highest BCUT2D eigenvalue weighted by Crippen LogP contribution is 2.43. The summed E-state index contributed by atoms with van der Waals surface area (Å²) in [5, 5.41) is 18.1. The third-order valence-electron chi connectivity index (χ3n) is 7.92. The predicted octanol–water partition coefficient (Wildman–Crippen LogP) is 5.58. The van der Waals surface area contributed by atoms with Gasteiger partial charge in [-0.15, -0.1) is 11.3 Å². The number of hydrogen-bond acceptors (Lipinski definition) is 7. The van der Waals surface area contributed by atoms with Crippen LogP contribution in [0.3, 0.4) is 0 Å². The van der Waals surface area contributed by atoms with Crippen molar-refractivity contribution in [2.45, 2.75) is 39.7 Å². The van der Waals surface area contributed by atoms with E-state index < -0.39 is 17.8 Å². The van der Waals surface area contributed by atoms with Crippen molar-refractivity contribution < 1.29 is 24.2 Å². The van der Waals surface area contributed by atoms with Gasteiger partial charge in [0.25, 0.3) is 11.8 Å². The molecule has 2 aliphatic rings. The SMILES string of the molecule is Cc1cc(CN)cc(C)c1NC(=O)c1cc2c(cc1-c1ccc(C(=O)NCC3CC3)nc1C(=O)O)OCCc1ccsc1-2. The van der Waals surface area contributed by atoms with Gasteiger partial charge in [-0.2, -0.15) is 0 Å². The van der Waals surface area contributed by atoms with Crippen molar-refractivity contribution in [3.05, 3.63) is 87.0 Å². The highest BCUT2D eigenvalue weighted by molar-refractivity contribution is 7.13. The van der Waals surface area contributed by atoms with Crippen LogP contribution >= 0.6 is 11.3 Å². The molecule has 2 amide bonds. The molecule has 4 aromatic rings. The summed E-state index contributed by atoms with van der Waals surface area (Å²) in [4.78, 5) is 44.6. The normalized spacial score (nSPS) is 13.7. The van der Waals surface area contributed by atoms with Crippen molar-refractivity contribution >= 4 is 34.8 Å². The molecular formula is C33H32N4O5S. The van der Waals surface area contributed by atoms with E-state index in [-0.39, 0.29) is 22.5 Å². The van der Waals surface area contributed by atoms with Crippen LogP contribution in [0.15, 0.2) is 47.8 Å². The lowest BCUT2D eigenvalue weighted by Gasteiger charge is -2.18. The van der Waals surface area contributed by atoms with Gasteiger partial charge in [0, 0.05) is 52.3 Å². The smallest absolute Gasteiger partial charge is 0.355 e. The molecule has 1 aliphatic carbocycles. The summed E-state index contributed by atoms with van der Waals surface area (Å²) in [6.45, 7) is 5.17. The van der Waals surface area contributed by atoms with Crippen molar-refractivity contribution in [2.24, 2.45) is 11.7 Å². The van der Waals surface area contributed by atoms with E-state index >= 15 is 0 Å². The number of carbonyl (C=O) groups excluding carboxylic acids is 2. The number of amides is 2. The Morgan fingerprint density at radius 1 is 1.02 bits per heavy atom. The van der Waals surface area contributed by atoms with Gasteiger partial charge in [-0.05, 0) is 90.6 Å². The molecule has 220 valence electrons. The fraction of sp³-hybridized carbons (Fsp3) is 0.273. The number of hydrogen-bond donors (Lipinski definition) is 4. The third-order valence-corrected chi connectivity index (χ3v) is 8.91. The van der Waals surface area contributed by atoms with E-state index in [2.05, 4.69) is 21.7 Å². The molecule has 0 saturated heterocycles. The number of carbonyl (C=O) groups is 3. The first-order valence-electron chi connectivity index (χ1n) is 14.3. The van der Waals surface area contributed by atoms with E-state index in [1.165, 1.54) is 6.07 Å². The molecule has 1 fully saturated rings. The summed E-state index contributed by atoms with van der Waals surface area (Å²) >= 11 is 1.57. The minimum absolute atomic E-state index is 0.00767. The number of aryl methyl sites for hydroxylation is 2. The summed E-state index contributed by atoms with van der Waals surface area (Å²) in [5.74, 6) is -1.13. The van der Waals surface area contributed by atoms with Crippen LogP contribution in [0.4, 0.5) is 5.69 Å². The van der Waals surface area contributed by atoms with Crippen molar-refractivity contribution in [3.8, 4) is 27.3 Å². The molecule has 1 aliphatic heterocycles. The van der Waals surface area contributed by atoms with Gasteiger partial charge in [-0.25, -0.2) is 9.78 Å². The Bertz CT molecular complexity index is 1750. The molecule has 0 radical (unpaired) electrons. The number of ether oxygens (including phenoxy) is 1. The van der Waals surface area contributed by atoms with Crippen LogP contribution in [0, 0.1) is 19.8 Å². The van der Waals surface area contributed by atoms with E-state index in [1.807, 2.05) is 31.4 Å². The summed E-state index contributed by atoms with van der Waals surface area (Å²) in [6.07, 6.45) is 2.85. The Morgan fingerprint density at radius 3 is 2.49 bits per heavy atom. The van der Waals surface area contributed by atoms with Gasteiger partial charge >= 0.3 is 5.97 Å². The molecule has 5 N–H and O–H groups in total. The zero-order chi connectivity index (χ0) is 30.2. The van der Waals surface area contributed by atoms with E-state index in [1.54, 1.807) is 29.5 Å². The second-order valence-electron chi connectivity index (χ2n) is 11.1. The first-order chi connectivity index (χ1) is 20.7. The first-order valence-corrected chi connectivity index (χ1v) is 15.1. The van der Waals surface area contributed by atoms with Crippen LogP contribution < -0.4 is 21.1 Å². The van der Waals surface area contributed by atoms with Gasteiger partial charge in [-0.3, -0.25) is 9.59 Å². The highest BCUT2D eigenvalue weighted by atomic mass is 32.1. The van der Waals surface area contributed by atoms with Crippen molar-refractivity contribution in [1.82, 2.24) is 10.3 Å². The zero-order valence-corrected chi connectivity index (χ0v) is 24.8. The molecule has 0 bridgehead atoms. The average Bonchev–Trinajstić information content (AvgIpc) is 3.75. The summed E-state index contributed by atoms with van der Waals surface area (Å²) in [7, 11) is 0. The Hall–Kier alpha value is -4.54. The van der Waals surface area contributed by atoms with Gasteiger partial charge < -0.3 is 26.2 Å². The van der Waals surface area contributed by atoms with Crippen LogP contribution in [0.2, 0.25) is 0 Å². The van der Waals surface area contributed by atoms with Crippen molar-refractivity contribution in [1.29, 1.82) is 0 Å². The van der Waals surface area contributed by atoms with Crippen molar-refractivity contribution in [2.75, 3.05) is 18.5 Å². The second kappa shape index (κ2) is 11.6. The molecule has 0 unspecified atom stereocenters. The predicted molar refractivity (Wildman–Crippen MR) is 166 cm³/mol. The number of carboxylic acid groups (broad SMARTS) is 1. The van der Waals surface area contributed by atoms with Gasteiger partial charge in [0.2, 0.25) is 0 Å². The number of aromatic carboxylic acids is 1. The van der Waals surface area contributed by atoms with Gasteiger partial charge in [0.15, 0.2) is 5.69 Å². The van der Waals surface area contributed by atoms with E-state index in [0.29, 0.717) is 49.0 Å². The average molecular weight is 597 g/mol. The molecule has 2 aromatic carbocycles. The lowest BCUT2D eigenvalue weighted by molar-refractivity contribution is 0.0691.